The molecule has 4 nitrogen and oxygen atoms in total. The van der Waals surface area contributed by atoms with Gasteiger partial charge in [0.05, 0.1) is 11.7 Å². The first-order valence-corrected chi connectivity index (χ1v) is 13.3. The third-order valence-corrected chi connectivity index (χ3v) is 7.56. The molecule has 3 aromatic rings. The highest BCUT2D eigenvalue weighted by molar-refractivity contribution is 5.37. The van der Waals surface area contributed by atoms with Crippen molar-refractivity contribution in [1.29, 1.82) is 0 Å². The second-order valence-corrected chi connectivity index (χ2v) is 11.0. The zero-order valence-corrected chi connectivity index (χ0v) is 21.7. The second-order valence-electron chi connectivity index (χ2n) is 11.0. The van der Waals surface area contributed by atoms with Gasteiger partial charge in [-0.3, -0.25) is 0 Å². The Balaban J connectivity index is 1.29. The van der Waals surface area contributed by atoms with Crippen LogP contribution in [0.25, 0.3) is 0 Å². The standard InChI is InChI=1S/C32H41NO3/c1-31(2,35)24-25-15-17-26(18-16-25)30(34)14-9-21-33-22-19-29(20-23-33)32(36,27-10-5-3-6-11-27)28-12-7-4-8-13-28/h3-8,10-13,15-18,29-30,34-36H,9,14,19-24H2,1-2H3. The Morgan fingerprint density at radius 1 is 0.806 bits per heavy atom. The van der Waals surface area contributed by atoms with E-state index in [2.05, 4.69) is 4.90 Å². The Labute approximate surface area is 216 Å². The van der Waals surface area contributed by atoms with Crippen LogP contribution < -0.4 is 0 Å². The van der Waals surface area contributed by atoms with Crippen molar-refractivity contribution < 1.29 is 15.3 Å². The maximum atomic E-state index is 12.1. The van der Waals surface area contributed by atoms with Gasteiger partial charge in [0, 0.05) is 6.42 Å². The van der Waals surface area contributed by atoms with Crippen LogP contribution in [-0.2, 0) is 12.0 Å². The number of hydrogen-bond donors (Lipinski definition) is 3. The second kappa shape index (κ2) is 11.7. The summed E-state index contributed by atoms with van der Waals surface area (Å²) in [6.45, 7) is 6.48. The lowest BCUT2D eigenvalue weighted by molar-refractivity contribution is -0.0146. The average molecular weight is 488 g/mol. The van der Waals surface area contributed by atoms with Gasteiger partial charge in [0.1, 0.15) is 5.60 Å². The summed E-state index contributed by atoms with van der Waals surface area (Å²) in [6.07, 6.45) is 3.65. The molecular formula is C32H41NO3. The van der Waals surface area contributed by atoms with E-state index in [0.717, 1.165) is 67.6 Å². The molecule has 0 radical (unpaired) electrons. The predicted octanol–water partition coefficient (Wildman–Crippen LogP) is 5.46. The quantitative estimate of drug-likeness (QED) is 0.355. The Morgan fingerprint density at radius 2 is 1.33 bits per heavy atom. The Morgan fingerprint density at radius 3 is 1.83 bits per heavy atom. The summed E-state index contributed by atoms with van der Waals surface area (Å²) in [4.78, 5) is 2.46. The smallest absolute Gasteiger partial charge is 0.117 e. The van der Waals surface area contributed by atoms with E-state index in [1.54, 1.807) is 0 Å². The Hall–Kier alpha value is -2.50. The largest absolute Gasteiger partial charge is 0.390 e. The number of likely N-dealkylation sites (tertiary alicyclic amines) is 1. The lowest BCUT2D eigenvalue weighted by Crippen LogP contribution is -2.44. The predicted molar refractivity (Wildman–Crippen MR) is 146 cm³/mol. The molecule has 0 amide bonds. The molecule has 3 N–H and O–H groups in total. The van der Waals surface area contributed by atoms with E-state index in [0.29, 0.717) is 6.42 Å². The van der Waals surface area contributed by atoms with Crippen molar-refractivity contribution in [1.82, 2.24) is 4.90 Å². The summed E-state index contributed by atoms with van der Waals surface area (Å²) < 4.78 is 0. The molecule has 0 spiro atoms. The molecule has 0 aliphatic carbocycles. The highest BCUT2D eigenvalue weighted by Gasteiger charge is 2.41. The molecule has 192 valence electrons. The van der Waals surface area contributed by atoms with Crippen LogP contribution in [0, 0.1) is 5.92 Å². The number of hydrogen-bond acceptors (Lipinski definition) is 4. The Bertz CT molecular complexity index is 1010. The van der Waals surface area contributed by atoms with Gasteiger partial charge in [0.25, 0.3) is 0 Å². The van der Waals surface area contributed by atoms with Crippen LogP contribution in [-0.4, -0.2) is 45.5 Å². The molecule has 3 aromatic carbocycles. The molecule has 0 aromatic heterocycles. The molecule has 0 bridgehead atoms. The molecule has 1 aliphatic heterocycles. The van der Waals surface area contributed by atoms with Crippen molar-refractivity contribution in [2.24, 2.45) is 5.92 Å². The minimum absolute atomic E-state index is 0.159. The molecule has 4 heteroatoms. The number of aliphatic hydroxyl groups is 3. The number of benzene rings is 3. The van der Waals surface area contributed by atoms with E-state index >= 15 is 0 Å². The van der Waals surface area contributed by atoms with Crippen molar-refractivity contribution in [3.8, 4) is 0 Å². The van der Waals surface area contributed by atoms with Gasteiger partial charge in [-0.25, -0.2) is 0 Å². The normalized spacial score (nSPS) is 16.7. The zero-order valence-electron chi connectivity index (χ0n) is 21.7. The third-order valence-electron chi connectivity index (χ3n) is 7.56. The topological polar surface area (TPSA) is 63.9 Å². The van der Waals surface area contributed by atoms with Crippen LogP contribution in [0.3, 0.4) is 0 Å². The van der Waals surface area contributed by atoms with Gasteiger partial charge in [0.2, 0.25) is 0 Å². The summed E-state index contributed by atoms with van der Waals surface area (Å²) in [7, 11) is 0. The van der Waals surface area contributed by atoms with Crippen molar-refractivity contribution >= 4 is 0 Å². The van der Waals surface area contributed by atoms with Crippen LogP contribution in [0.2, 0.25) is 0 Å². The molecule has 1 fully saturated rings. The number of piperidine rings is 1. The first-order chi connectivity index (χ1) is 17.3. The van der Waals surface area contributed by atoms with Gasteiger partial charge in [-0.05, 0) is 87.3 Å². The molecule has 0 saturated carbocycles. The van der Waals surface area contributed by atoms with Crippen molar-refractivity contribution in [2.75, 3.05) is 19.6 Å². The fourth-order valence-corrected chi connectivity index (χ4v) is 5.63. The Kier molecular flexibility index (Phi) is 8.63. The van der Waals surface area contributed by atoms with E-state index < -0.39 is 17.3 Å². The maximum Gasteiger partial charge on any atom is 0.117 e. The van der Waals surface area contributed by atoms with E-state index in [-0.39, 0.29) is 5.92 Å². The van der Waals surface area contributed by atoms with Crippen molar-refractivity contribution in [3.63, 3.8) is 0 Å². The van der Waals surface area contributed by atoms with Crippen LogP contribution in [0.5, 0.6) is 0 Å². The van der Waals surface area contributed by atoms with Gasteiger partial charge in [-0.1, -0.05) is 84.9 Å². The maximum absolute atomic E-state index is 12.1. The van der Waals surface area contributed by atoms with Crippen molar-refractivity contribution in [2.45, 2.75) is 63.3 Å². The lowest BCUT2D eigenvalue weighted by atomic mass is 9.72. The third kappa shape index (κ3) is 6.63. The SMILES string of the molecule is CC(C)(O)Cc1ccc(C(O)CCCN2CCC(C(O)(c3ccccc3)c3ccccc3)CC2)cc1. The molecule has 1 saturated heterocycles. The van der Waals surface area contributed by atoms with Gasteiger partial charge in [0.15, 0.2) is 0 Å². The van der Waals surface area contributed by atoms with Crippen LogP contribution in [0.1, 0.15) is 67.9 Å². The first kappa shape index (κ1) is 26.6. The fraction of sp³-hybridized carbons (Fsp3) is 0.438. The first-order valence-electron chi connectivity index (χ1n) is 13.3. The molecule has 1 unspecified atom stereocenters. The van der Waals surface area contributed by atoms with Gasteiger partial charge < -0.3 is 20.2 Å². The summed E-state index contributed by atoms with van der Waals surface area (Å²) in [5.41, 5.74) is 2.22. The van der Waals surface area contributed by atoms with Crippen molar-refractivity contribution in [3.05, 3.63) is 107 Å². The summed E-state index contributed by atoms with van der Waals surface area (Å²) in [5, 5.41) is 32.7. The van der Waals surface area contributed by atoms with Gasteiger partial charge in [-0.15, -0.1) is 0 Å². The highest BCUT2D eigenvalue weighted by Crippen LogP contribution is 2.42. The summed E-state index contributed by atoms with van der Waals surface area (Å²) in [5.74, 6) is 0.159. The highest BCUT2D eigenvalue weighted by atomic mass is 16.3. The molecule has 1 atom stereocenters. The average Bonchev–Trinajstić information content (AvgIpc) is 2.89. The fourth-order valence-electron chi connectivity index (χ4n) is 5.63. The van der Waals surface area contributed by atoms with Crippen LogP contribution >= 0.6 is 0 Å². The minimum atomic E-state index is -0.984. The zero-order chi connectivity index (χ0) is 25.6. The number of nitrogens with zero attached hydrogens (tertiary/aromatic N) is 1. The van der Waals surface area contributed by atoms with Crippen LogP contribution in [0.4, 0.5) is 0 Å². The van der Waals surface area contributed by atoms with Gasteiger partial charge >= 0.3 is 0 Å². The minimum Gasteiger partial charge on any atom is -0.390 e. The molecule has 1 heterocycles. The number of rotatable bonds is 10. The van der Waals surface area contributed by atoms with Crippen LogP contribution in [0.15, 0.2) is 84.9 Å². The lowest BCUT2D eigenvalue weighted by Gasteiger charge is -2.42. The molecular weight excluding hydrogens is 446 g/mol. The van der Waals surface area contributed by atoms with E-state index in [1.807, 2.05) is 98.8 Å². The summed E-state index contributed by atoms with van der Waals surface area (Å²) in [6, 6.07) is 28.1. The van der Waals surface area contributed by atoms with E-state index in [4.69, 9.17) is 0 Å². The molecule has 1 aliphatic rings. The molecule has 36 heavy (non-hydrogen) atoms. The summed E-state index contributed by atoms with van der Waals surface area (Å²) >= 11 is 0. The number of aliphatic hydroxyl groups excluding tert-OH is 1. The van der Waals surface area contributed by atoms with E-state index in [1.165, 1.54) is 0 Å². The monoisotopic (exact) mass is 487 g/mol. The van der Waals surface area contributed by atoms with E-state index in [9.17, 15) is 15.3 Å². The molecule has 4 rings (SSSR count). The van der Waals surface area contributed by atoms with Gasteiger partial charge in [-0.2, -0.15) is 0 Å².